The number of aryl methyl sites for hydroxylation is 1. The van der Waals surface area contributed by atoms with E-state index in [1.54, 1.807) is 0 Å². The minimum atomic E-state index is -0.161. The lowest BCUT2D eigenvalue weighted by Crippen LogP contribution is -2.58. The van der Waals surface area contributed by atoms with Crippen molar-refractivity contribution in [1.29, 1.82) is 0 Å². The Balaban J connectivity index is 2.29. The number of ether oxygens (including phenoxy) is 1. The summed E-state index contributed by atoms with van der Waals surface area (Å²) in [5.41, 5.74) is 8.16. The van der Waals surface area contributed by atoms with Crippen molar-refractivity contribution in [2.24, 2.45) is 12.8 Å². The molecule has 0 amide bonds. The monoisotopic (exact) mass is 280 g/mol. The van der Waals surface area contributed by atoms with Gasteiger partial charge >= 0.3 is 0 Å². The van der Waals surface area contributed by atoms with E-state index >= 15 is 0 Å². The molecule has 1 fully saturated rings. The Bertz CT molecular complexity index is 462. The normalized spacial score (nSPS) is 23.8. The van der Waals surface area contributed by atoms with Crippen LogP contribution in [0.5, 0.6) is 0 Å². The Morgan fingerprint density at radius 3 is 2.25 bits per heavy atom. The first-order valence-corrected chi connectivity index (χ1v) is 7.28. The molecule has 2 N–H and O–H groups in total. The zero-order valence-corrected chi connectivity index (χ0v) is 13.6. The van der Waals surface area contributed by atoms with Crippen LogP contribution < -0.4 is 5.73 Å². The fourth-order valence-electron chi connectivity index (χ4n) is 3.38. The van der Waals surface area contributed by atoms with Gasteiger partial charge in [-0.1, -0.05) is 0 Å². The zero-order valence-electron chi connectivity index (χ0n) is 13.6. The molecule has 2 heterocycles. The third kappa shape index (κ3) is 3.05. The van der Waals surface area contributed by atoms with Crippen molar-refractivity contribution in [2.75, 3.05) is 19.6 Å². The number of hydrogen-bond donors (Lipinski definition) is 1. The van der Waals surface area contributed by atoms with Crippen LogP contribution in [-0.4, -0.2) is 45.5 Å². The Labute approximate surface area is 122 Å². The summed E-state index contributed by atoms with van der Waals surface area (Å²) in [6.45, 7) is 13.0. The lowest BCUT2D eigenvalue weighted by atomic mass is 9.95. The van der Waals surface area contributed by atoms with Gasteiger partial charge in [-0.3, -0.25) is 9.58 Å². The molecule has 5 nitrogen and oxygen atoms in total. The molecule has 0 aromatic carbocycles. The van der Waals surface area contributed by atoms with Crippen LogP contribution in [0.15, 0.2) is 6.20 Å². The van der Waals surface area contributed by atoms with Gasteiger partial charge in [-0.15, -0.1) is 0 Å². The number of rotatable bonds is 3. The van der Waals surface area contributed by atoms with Crippen LogP contribution in [0.25, 0.3) is 0 Å². The fourth-order valence-corrected chi connectivity index (χ4v) is 3.38. The summed E-state index contributed by atoms with van der Waals surface area (Å²) >= 11 is 0. The highest BCUT2D eigenvalue weighted by Crippen LogP contribution is 2.33. The number of aromatic nitrogens is 2. The molecule has 0 spiro atoms. The highest BCUT2D eigenvalue weighted by atomic mass is 16.5. The van der Waals surface area contributed by atoms with Crippen LogP contribution in [0.3, 0.4) is 0 Å². The van der Waals surface area contributed by atoms with Gasteiger partial charge in [0.05, 0.1) is 23.4 Å². The quantitative estimate of drug-likeness (QED) is 0.914. The first-order chi connectivity index (χ1) is 9.15. The molecular weight excluding hydrogens is 252 g/mol. The minimum Gasteiger partial charge on any atom is -0.367 e. The van der Waals surface area contributed by atoms with Crippen molar-refractivity contribution < 1.29 is 4.74 Å². The van der Waals surface area contributed by atoms with Gasteiger partial charge in [0, 0.05) is 37.9 Å². The summed E-state index contributed by atoms with van der Waals surface area (Å²) in [6, 6.07) is 0.200. The standard InChI is InChI=1S/C15H28N4O/c1-11-12(8-17-18(11)6)13(7-16)19-9-14(2,3)20-15(4,5)10-19/h8,13H,7,9-10,16H2,1-6H3. The van der Waals surface area contributed by atoms with E-state index in [9.17, 15) is 0 Å². The van der Waals surface area contributed by atoms with Crippen LogP contribution in [0.4, 0.5) is 0 Å². The van der Waals surface area contributed by atoms with Crippen molar-refractivity contribution in [2.45, 2.75) is 51.9 Å². The SMILES string of the molecule is Cc1c(C(CN)N2CC(C)(C)OC(C)(C)C2)cnn1C. The molecule has 1 saturated heterocycles. The maximum atomic E-state index is 6.15. The van der Waals surface area contributed by atoms with Gasteiger partial charge in [0.1, 0.15) is 0 Å². The third-order valence-corrected chi connectivity index (χ3v) is 4.02. The predicted octanol–water partition coefficient (Wildman–Crippen LogP) is 1.62. The summed E-state index contributed by atoms with van der Waals surface area (Å²) in [6.07, 6.45) is 1.95. The van der Waals surface area contributed by atoms with Crippen molar-refractivity contribution in [3.8, 4) is 0 Å². The van der Waals surface area contributed by atoms with Gasteiger partial charge < -0.3 is 10.5 Å². The second kappa shape index (κ2) is 5.13. The average molecular weight is 280 g/mol. The molecule has 114 valence electrons. The topological polar surface area (TPSA) is 56.3 Å². The molecule has 0 saturated carbocycles. The third-order valence-electron chi connectivity index (χ3n) is 4.02. The maximum absolute atomic E-state index is 6.15. The molecule has 1 aliphatic rings. The van der Waals surface area contributed by atoms with Gasteiger partial charge in [0.2, 0.25) is 0 Å². The Hall–Kier alpha value is -0.910. The smallest absolute Gasteiger partial charge is 0.0761 e. The van der Waals surface area contributed by atoms with Crippen molar-refractivity contribution >= 4 is 0 Å². The molecule has 0 bridgehead atoms. The van der Waals surface area contributed by atoms with E-state index in [1.807, 2.05) is 17.9 Å². The Kier molecular flexibility index (Phi) is 3.97. The van der Waals surface area contributed by atoms with Crippen molar-refractivity contribution in [3.63, 3.8) is 0 Å². The fraction of sp³-hybridized carbons (Fsp3) is 0.800. The van der Waals surface area contributed by atoms with E-state index in [4.69, 9.17) is 10.5 Å². The molecule has 1 aliphatic heterocycles. The number of nitrogens with zero attached hydrogens (tertiary/aromatic N) is 3. The van der Waals surface area contributed by atoms with E-state index < -0.39 is 0 Å². The first kappa shape index (κ1) is 15.5. The molecule has 5 heteroatoms. The summed E-state index contributed by atoms with van der Waals surface area (Å²) < 4.78 is 8.07. The Morgan fingerprint density at radius 1 is 1.30 bits per heavy atom. The minimum absolute atomic E-state index is 0.161. The van der Waals surface area contributed by atoms with Crippen LogP contribution in [0, 0.1) is 6.92 Å². The molecule has 20 heavy (non-hydrogen) atoms. The lowest BCUT2D eigenvalue weighted by molar-refractivity contribution is -0.187. The number of hydrogen-bond acceptors (Lipinski definition) is 4. The summed E-state index contributed by atoms with van der Waals surface area (Å²) in [5.74, 6) is 0. The van der Waals surface area contributed by atoms with E-state index in [0.717, 1.165) is 13.1 Å². The van der Waals surface area contributed by atoms with Gasteiger partial charge in [-0.2, -0.15) is 5.10 Å². The van der Waals surface area contributed by atoms with E-state index in [2.05, 4.69) is 44.6 Å². The summed E-state index contributed by atoms with van der Waals surface area (Å²) in [4.78, 5) is 2.44. The van der Waals surface area contributed by atoms with E-state index in [0.29, 0.717) is 6.54 Å². The van der Waals surface area contributed by atoms with E-state index in [-0.39, 0.29) is 17.2 Å². The second-order valence-corrected chi connectivity index (χ2v) is 7.09. The molecular formula is C15H28N4O. The molecule has 1 unspecified atom stereocenters. The van der Waals surface area contributed by atoms with Gasteiger partial charge in [-0.25, -0.2) is 0 Å². The molecule has 1 aromatic heterocycles. The largest absolute Gasteiger partial charge is 0.367 e. The van der Waals surface area contributed by atoms with Crippen LogP contribution in [0.1, 0.15) is 45.0 Å². The maximum Gasteiger partial charge on any atom is 0.0761 e. The van der Waals surface area contributed by atoms with Gasteiger partial charge in [-0.05, 0) is 34.6 Å². The van der Waals surface area contributed by atoms with Gasteiger partial charge in [0.15, 0.2) is 0 Å². The Morgan fingerprint density at radius 2 is 1.85 bits per heavy atom. The molecule has 2 rings (SSSR count). The number of nitrogens with two attached hydrogens (primary N) is 1. The van der Waals surface area contributed by atoms with Crippen LogP contribution in [0.2, 0.25) is 0 Å². The molecule has 1 aromatic rings. The lowest BCUT2D eigenvalue weighted by Gasteiger charge is -2.49. The number of morpholine rings is 1. The summed E-state index contributed by atoms with van der Waals surface area (Å²) in [7, 11) is 1.97. The average Bonchev–Trinajstić information content (AvgIpc) is 2.58. The highest BCUT2D eigenvalue weighted by molar-refractivity contribution is 5.21. The molecule has 0 radical (unpaired) electrons. The van der Waals surface area contributed by atoms with E-state index in [1.165, 1.54) is 11.3 Å². The second-order valence-electron chi connectivity index (χ2n) is 7.09. The van der Waals surface area contributed by atoms with Crippen LogP contribution in [-0.2, 0) is 11.8 Å². The van der Waals surface area contributed by atoms with Gasteiger partial charge in [0.25, 0.3) is 0 Å². The zero-order chi connectivity index (χ0) is 15.1. The van der Waals surface area contributed by atoms with Crippen LogP contribution >= 0.6 is 0 Å². The first-order valence-electron chi connectivity index (χ1n) is 7.28. The predicted molar refractivity (Wildman–Crippen MR) is 80.6 cm³/mol. The van der Waals surface area contributed by atoms with Crippen molar-refractivity contribution in [3.05, 3.63) is 17.5 Å². The van der Waals surface area contributed by atoms with Crippen molar-refractivity contribution in [1.82, 2.24) is 14.7 Å². The molecule has 1 atom stereocenters. The summed E-state index contributed by atoms with van der Waals surface area (Å²) in [5, 5.41) is 4.36. The molecule has 0 aliphatic carbocycles. The highest BCUT2D eigenvalue weighted by Gasteiger charge is 2.41.